The van der Waals surface area contributed by atoms with Gasteiger partial charge in [0.2, 0.25) is 16.0 Å². The van der Waals surface area contributed by atoms with Gasteiger partial charge in [-0.25, -0.2) is 23.1 Å². The highest BCUT2D eigenvalue weighted by Gasteiger charge is 2.23. The van der Waals surface area contributed by atoms with Crippen molar-refractivity contribution >= 4 is 21.7 Å². The molecule has 1 saturated heterocycles. The van der Waals surface area contributed by atoms with Gasteiger partial charge in [0, 0.05) is 30.3 Å². The molecule has 188 valence electrons. The average Bonchev–Trinajstić information content (AvgIpc) is 2.88. The normalized spacial score (nSPS) is 18.7. The first-order chi connectivity index (χ1) is 17.3. The Balaban J connectivity index is 1.40. The number of aliphatic hydroxyl groups is 1. The van der Waals surface area contributed by atoms with Crippen molar-refractivity contribution < 1.29 is 23.0 Å². The van der Waals surface area contributed by atoms with Crippen LogP contribution in [0.2, 0.25) is 0 Å². The van der Waals surface area contributed by atoms with E-state index in [9.17, 15) is 13.5 Å². The molecule has 3 unspecified atom stereocenters. The SMILES string of the molecule is CS(=O)(=O)NC(CO)c1ccc(Nc2nccc(-c3ccc(OC4CCOC(C#N)C4)cc3)n2)cc1. The molecule has 3 aromatic rings. The lowest BCUT2D eigenvalue weighted by atomic mass is 10.1. The number of sulfonamides is 1. The second kappa shape index (κ2) is 11.5. The maximum absolute atomic E-state index is 11.5. The maximum Gasteiger partial charge on any atom is 0.227 e. The summed E-state index contributed by atoms with van der Waals surface area (Å²) in [7, 11) is -3.46. The summed E-state index contributed by atoms with van der Waals surface area (Å²) in [6, 6.07) is 17.8. The topological polar surface area (TPSA) is 146 Å². The van der Waals surface area contributed by atoms with Crippen LogP contribution in [0, 0.1) is 11.3 Å². The zero-order valence-electron chi connectivity index (χ0n) is 19.7. The lowest BCUT2D eigenvalue weighted by molar-refractivity contribution is -0.00793. The van der Waals surface area contributed by atoms with Crippen LogP contribution in [0.15, 0.2) is 60.8 Å². The molecule has 0 radical (unpaired) electrons. The van der Waals surface area contributed by atoms with Crippen LogP contribution in [0.25, 0.3) is 11.3 Å². The second-order valence-electron chi connectivity index (χ2n) is 8.41. The van der Waals surface area contributed by atoms with Crippen LogP contribution < -0.4 is 14.8 Å². The molecule has 3 atom stereocenters. The molecule has 0 saturated carbocycles. The van der Waals surface area contributed by atoms with Gasteiger partial charge in [-0.3, -0.25) is 0 Å². The number of nitrogens with zero attached hydrogens (tertiary/aromatic N) is 3. The van der Waals surface area contributed by atoms with Crippen molar-refractivity contribution in [3.8, 4) is 23.1 Å². The number of aromatic nitrogens is 2. The van der Waals surface area contributed by atoms with Gasteiger partial charge in [-0.05, 0) is 48.0 Å². The molecule has 2 heterocycles. The molecule has 0 spiro atoms. The van der Waals surface area contributed by atoms with E-state index in [0.717, 1.165) is 29.7 Å². The predicted octanol–water partition coefficient (Wildman–Crippen LogP) is 2.92. The molecule has 11 heteroatoms. The first-order valence-corrected chi connectivity index (χ1v) is 13.3. The van der Waals surface area contributed by atoms with Gasteiger partial charge in [-0.1, -0.05) is 12.1 Å². The number of ether oxygens (including phenoxy) is 2. The first-order valence-electron chi connectivity index (χ1n) is 11.4. The van der Waals surface area contributed by atoms with E-state index in [-0.39, 0.29) is 12.7 Å². The number of nitrogens with one attached hydrogen (secondary N) is 2. The van der Waals surface area contributed by atoms with E-state index in [1.165, 1.54) is 0 Å². The van der Waals surface area contributed by atoms with Crippen molar-refractivity contribution in [2.75, 3.05) is 24.8 Å². The standard InChI is InChI=1S/C25H27N5O5S/c1-36(32,33)30-24(16-31)18-2-6-19(7-3-18)28-25-27-12-10-23(29-25)17-4-8-20(9-5-17)35-21-11-13-34-22(14-21)15-26/h2-10,12,21-22,24,30-31H,11,13-14,16H2,1H3,(H,27,28,29). The minimum absolute atomic E-state index is 0.0506. The van der Waals surface area contributed by atoms with Gasteiger partial charge in [0.05, 0.1) is 37.3 Å². The number of nitriles is 1. The molecule has 1 aliphatic heterocycles. The average molecular weight is 510 g/mol. The van der Waals surface area contributed by atoms with Crippen molar-refractivity contribution in [1.82, 2.24) is 14.7 Å². The van der Waals surface area contributed by atoms with E-state index in [0.29, 0.717) is 30.2 Å². The largest absolute Gasteiger partial charge is 0.490 e. The van der Waals surface area contributed by atoms with Crippen molar-refractivity contribution in [1.29, 1.82) is 5.26 Å². The van der Waals surface area contributed by atoms with E-state index in [4.69, 9.17) is 14.7 Å². The van der Waals surface area contributed by atoms with Gasteiger partial charge in [-0.15, -0.1) is 0 Å². The number of aliphatic hydroxyl groups excluding tert-OH is 1. The summed E-state index contributed by atoms with van der Waals surface area (Å²) >= 11 is 0. The molecule has 4 rings (SSSR count). The Hall–Kier alpha value is -3.56. The summed E-state index contributed by atoms with van der Waals surface area (Å²) in [6.07, 6.45) is 3.53. The Morgan fingerprint density at radius 2 is 1.94 bits per heavy atom. The number of hydrogen-bond donors (Lipinski definition) is 3. The predicted molar refractivity (Wildman–Crippen MR) is 134 cm³/mol. The summed E-state index contributed by atoms with van der Waals surface area (Å²) in [5.74, 6) is 1.12. The smallest absolute Gasteiger partial charge is 0.227 e. The Kier molecular flexibility index (Phi) is 8.12. The van der Waals surface area contributed by atoms with E-state index in [2.05, 4.69) is 26.1 Å². The van der Waals surface area contributed by atoms with Gasteiger partial charge >= 0.3 is 0 Å². The van der Waals surface area contributed by atoms with E-state index in [1.54, 1.807) is 30.5 Å². The van der Waals surface area contributed by atoms with Crippen LogP contribution in [-0.4, -0.2) is 55.2 Å². The zero-order chi connectivity index (χ0) is 25.5. The minimum atomic E-state index is -3.46. The van der Waals surface area contributed by atoms with Crippen LogP contribution in [0.1, 0.15) is 24.4 Å². The fraction of sp³-hybridized carbons (Fsp3) is 0.320. The molecule has 2 aromatic carbocycles. The van der Waals surface area contributed by atoms with Crippen LogP contribution in [0.5, 0.6) is 5.75 Å². The number of anilines is 2. The summed E-state index contributed by atoms with van der Waals surface area (Å²) in [5, 5.41) is 21.7. The van der Waals surface area contributed by atoms with E-state index < -0.39 is 22.2 Å². The molecule has 36 heavy (non-hydrogen) atoms. The van der Waals surface area contributed by atoms with Gasteiger partial charge in [0.15, 0.2) is 0 Å². The minimum Gasteiger partial charge on any atom is -0.490 e. The molecule has 0 amide bonds. The molecule has 1 fully saturated rings. The number of benzene rings is 2. The highest BCUT2D eigenvalue weighted by molar-refractivity contribution is 7.88. The fourth-order valence-corrected chi connectivity index (χ4v) is 4.56. The van der Waals surface area contributed by atoms with Gasteiger partial charge in [-0.2, -0.15) is 5.26 Å². The van der Waals surface area contributed by atoms with Crippen molar-refractivity contribution in [3.05, 3.63) is 66.4 Å². The maximum atomic E-state index is 11.5. The molecule has 1 aliphatic rings. The Morgan fingerprint density at radius 1 is 1.19 bits per heavy atom. The zero-order valence-corrected chi connectivity index (χ0v) is 20.5. The molecular formula is C25H27N5O5S. The summed E-state index contributed by atoms with van der Waals surface area (Å²) < 4.78 is 36.8. The van der Waals surface area contributed by atoms with Gasteiger partial charge in [0.25, 0.3) is 0 Å². The van der Waals surface area contributed by atoms with Gasteiger partial charge in [0.1, 0.15) is 18.0 Å². The summed E-state index contributed by atoms with van der Waals surface area (Å²) in [4.78, 5) is 8.86. The second-order valence-corrected chi connectivity index (χ2v) is 10.2. The van der Waals surface area contributed by atoms with Crippen molar-refractivity contribution in [3.63, 3.8) is 0 Å². The molecule has 1 aromatic heterocycles. The van der Waals surface area contributed by atoms with Crippen LogP contribution >= 0.6 is 0 Å². The van der Waals surface area contributed by atoms with Crippen molar-refractivity contribution in [2.45, 2.75) is 31.1 Å². The monoisotopic (exact) mass is 509 g/mol. The van der Waals surface area contributed by atoms with Crippen LogP contribution in [-0.2, 0) is 14.8 Å². The Morgan fingerprint density at radius 3 is 2.61 bits per heavy atom. The van der Waals surface area contributed by atoms with Gasteiger partial charge < -0.3 is 19.9 Å². The molecule has 0 aliphatic carbocycles. The van der Waals surface area contributed by atoms with E-state index >= 15 is 0 Å². The lowest BCUT2D eigenvalue weighted by Crippen LogP contribution is -2.31. The molecule has 3 N–H and O–H groups in total. The van der Waals surface area contributed by atoms with E-state index in [1.807, 2.05) is 30.3 Å². The quantitative estimate of drug-likeness (QED) is 0.396. The Bertz CT molecular complexity index is 1310. The first kappa shape index (κ1) is 25.5. The lowest BCUT2D eigenvalue weighted by Gasteiger charge is -2.26. The number of rotatable bonds is 9. The third kappa shape index (κ3) is 6.99. The van der Waals surface area contributed by atoms with Crippen LogP contribution in [0.3, 0.4) is 0 Å². The number of hydrogen-bond acceptors (Lipinski definition) is 9. The fourth-order valence-electron chi connectivity index (χ4n) is 3.84. The highest BCUT2D eigenvalue weighted by atomic mass is 32.2. The third-order valence-corrected chi connectivity index (χ3v) is 6.31. The molecule has 0 bridgehead atoms. The Labute approximate surface area is 210 Å². The summed E-state index contributed by atoms with van der Waals surface area (Å²) in [5.41, 5.74) is 2.96. The summed E-state index contributed by atoms with van der Waals surface area (Å²) in [6.45, 7) is 0.157. The molecule has 10 nitrogen and oxygen atoms in total. The van der Waals surface area contributed by atoms with Crippen LogP contribution in [0.4, 0.5) is 11.6 Å². The third-order valence-electron chi connectivity index (χ3n) is 5.60. The molecular weight excluding hydrogens is 482 g/mol. The highest BCUT2D eigenvalue weighted by Crippen LogP contribution is 2.25. The van der Waals surface area contributed by atoms with Crippen molar-refractivity contribution in [2.24, 2.45) is 0 Å².